The lowest BCUT2D eigenvalue weighted by Gasteiger charge is -2.17. The average Bonchev–Trinajstić information content (AvgIpc) is 2.55. The number of anilines is 1. The van der Waals surface area contributed by atoms with Gasteiger partial charge in [-0.1, -0.05) is 34.1 Å². The third-order valence-electron chi connectivity index (χ3n) is 3.54. The number of benzene rings is 2. The van der Waals surface area contributed by atoms with E-state index in [2.05, 4.69) is 26.6 Å². The van der Waals surface area contributed by atoms with Crippen molar-refractivity contribution in [3.63, 3.8) is 0 Å². The molecule has 128 valence electrons. The van der Waals surface area contributed by atoms with Crippen molar-refractivity contribution < 1.29 is 14.3 Å². The zero-order valence-electron chi connectivity index (χ0n) is 13.3. The highest BCUT2D eigenvalue weighted by Crippen LogP contribution is 2.16. The topological polar surface area (TPSA) is 61.4 Å². The molecule has 0 bridgehead atoms. The summed E-state index contributed by atoms with van der Waals surface area (Å²) in [6.07, 6.45) is -0.705. The van der Waals surface area contributed by atoms with Crippen LogP contribution in [0.25, 0.3) is 0 Å². The Labute approximate surface area is 149 Å². The molecule has 2 rings (SSSR count). The zero-order chi connectivity index (χ0) is 17.5. The highest BCUT2D eigenvalue weighted by Gasteiger charge is 2.15. The lowest BCUT2D eigenvalue weighted by Crippen LogP contribution is -2.33. The SMILES string of the molecule is CC(CC(=O)Nc1ccc(Br)cc1)NCC(O)c1ccccc1F. The third kappa shape index (κ3) is 5.70. The maximum absolute atomic E-state index is 13.6. The molecule has 3 N–H and O–H groups in total. The quantitative estimate of drug-likeness (QED) is 0.671. The standard InChI is InChI=1S/C18H20BrFN2O2/c1-12(10-18(24)22-14-8-6-13(19)7-9-14)21-11-17(23)15-4-2-3-5-16(15)20/h2-9,12,17,21,23H,10-11H2,1H3,(H,22,24). The van der Waals surface area contributed by atoms with E-state index in [1.165, 1.54) is 6.07 Å². The van der Waals surface area contributed by atoms with E-state index < -0.39 is 11.9 Å². The molecule has 0 aliphatic carbocycles. The van der Waals surface area contributed by atoms with Crippen molar-refractivity contribution in [2.75, 3.05) is 11.9 Å². The maximum atomic E-state index is 13.6. The summed E-state index contributed by atoms with van der Waals surface area (Å²) in [6, 6.07) is 13.3. The van der Waals surface area contributed by atoms with E-state index in [9.17, 15) is 14.3 Å². The van der Waals surface area contributed by atoms with Crippen LogP contribution in [0.4, 0.5) is 10.1 Å². The average molecular weight is 395 g/mol. The number of halogens is 2. The molecule has 2 unspecified atom stereocenters. The predicted molar refractivity (Wildman–Crippen MR) is 96.2 cm³/mol. The van der Waals surface area contributed by atoms with Gasteiger partial charge in [0.2, 0.25) is 5.91 Å². The largest absolute Gasteiger partial charge is 0.387 e. The fourth-order valence-electron chi connectivity index (χ4n) is 2.26. The highest BCUT2D eigenvalue weighted by atomic mass is 79.9. The number of carbonyl (C=O) groups excluding carboxylic acids is 1. The van der Waals surface area contributed by atoms with Crippen molar-refractivity contribution in [3.8, 4) is 0 Å². The van der Waals surface area contributed by atoms with Gasteiger partial charge in [-0.3, -0.25) is 4.79 Å². The number of amides is 1. The first-order chi connectivity index (χ1) is 11.5. The molecule has 0 radical (unpaired) electrons. The van der Waals surface area contributed by atoms with Gasteiger partial charge in [0.05, 0.1) is 6.10 Å². The Hall–Kier alpha value is -1.76. The van der Waals surface area contributed by atoms with Crippen molar-refractivity contribution in [3.05, 3.63) is 64.4 Å². The Bertz CT molecular complexity index is 679. The molecule has 0 heterocycles. The summed E-state index contributed by atoms with van der Waals surface area (Å²) in [5.41, 5.74) is 0.971. The third-order valence-corrected chi connectivity index (χ3v) is 4.07. The summed E-state index contributed by atoms with van der Waals surface area (Å²) < 4.78 is 14.5. The van der Waals surface area contributed by atoms with Crippen molar-refractivity contribution >= 4 is 27.5 Å². The first-order valence-electron chi connectivity index (χ1n) is 7.67. The van der Waals surface area contributed by atoms with E-state index in [1.54, 1.807) is 18.2 Å². The van der Waals surface area contributed by atoms with Crippen molar-refractivity contribution in [2.24, 2.45) is 0 Å². The van der Waals surface area contributed by atoms with Gasteiger partial charge in [0.25, 0.3) is 0 Å². The van der Waals surface area contributed by atoms with Crippen LogP contribution in [0.2, 0.25) is 0 Å². The first kappa shape index (κ1) is 18.6. The fourth-order valence-corrected chi connectivity index (χ4v) is 2.53. The van der Waals surface area contributed by atoms with Crippen molar-refractivity contribution in [1.82, 2.24) is 5.32 Å². The van der Waals surface area contributed by atoms with E-state index in [0.717, 1.165) is 10.2 Å². The minimum absolute atomic E-state index is 0.127. The molecule has 2 aromatic carbocycles. The van der Waals surface area contributed by atoms with Crippen LogP contribution in [0, 0.1) is 5.82 Å². The van der Waals surface area contributed by atoms with Gasteiger partial charge < -0.3 is 15.7 Å². The van der Waals surface area contributed by atoms with Crippen molar-refractivity contribution in [1.29, 1.82) is 0 Å². The van der Waals surface area contributed by atoms with Gasteiger partial charge in [0, 0.05) is 34.7 Å². The molecule has 0 fully saturated rings. The number of hydrogen-bond donors (Lipinski definition) is 3. The number of aliphatic hydroxyl groups excluding tert-OH is 1. The van der Waals surface area contributed by atoms with Gasteiger partial charge in [-0.2, -0.15) is 0 Å². The van der Waals surface area contributed by atoms with Crippen LogP contribution < -0.4 is 10.6 Å². The molecule has 4 nitrogen and oxygen atoms in total. The van der Waals surface area contributed by atoms with Crippen LogP contribution in [0.15, 0.2) is 53.0 Å². The van der Waals surface area contributed by atoms with Gasteiger partial charge >= 0.3 is 0 Å². The van der Waals surface area contributed by atoms with Crippen LogP contribution in [0.1, 0.15) is 25.0 Å². The Morgan fingerprint density at radius 2 is 1.88 bits per heavy atom. The van der Waals surface area contributed by atoms with Crippen LogP contribution in [0.3, 0.4) is 0 Å². The van der Waals surface area contributed by atoms with Gasteiger partial charge in [-0.25, -0.2) is 4.39 Å². The summed E-state index contributed by atoms with van der Waals surface area (Å²) in [5, 5.41) is 15.9. The second-order valence-corrected chi connectivity index (χ2v) is 6.52. The molecule has 2 aromatic rings. The highest BCUT2D eigenvalue weighted by molar-refractivity contribution is 9.10. The van der Waals surface area contributed by atoms with Gasteiger partial charge in [0.1, 0.15) is 5.82 Å². The molecule has 0 saturated heterocycles. The Balaban J connectivity index is 1.78. The van der Waals surface area contributed by atoms with Crippen LogP contribution >= 0.6 is 15.9 Å². The second kappa shape index (κ2) is 8.92. The normalized spacial score (nSPS) is 13.3. The smallest absolute Gasteiger partial charge is 0.225 e. The van der Waals surface area contributed by atoms with Gasteiger partial charge in [-0.15, -0.1) is 0 Å². The molecule has 0 saturated carbocycles. The molecule has 0 aromatic heterocycles. The number of aliphatic hydroxyl groups is 1. The summed E-state index contributed by atoms with van der Waals surface area (Å²) in [7, 11) is 0. The Morgan fingerprint density at radius 3 is 2.54 bits per heavy atom. The lowest BCUT2D eigenvalue weighted by molar-refractivity contribution is -0.116. The van der Waals surface area contributed by atoms with Crippen LogP contribution in [0.5, 0.6) is 0 Å². The number of rotatable bonds is 7. The summed E-state index contributed by atoms with van der Waals surface area (Å²) in [4.78, 5) is 12.0. The fraction of sp³-hybridized carbons (Fsp3) is 0.278. The molecule has 0 aliphatic rings. The summed E-state index contributed by atoms with van der Waals surface area (Å²) >= 11 is 3.34. The molecule has 24 heavy (non-hydrogen) atoms. The zero-order valence-corrected chi connectivity index (χ0v) is 14.9. The van der Waals surface area contributed by atoms with Gasteiger partial charge in [-0.05, 0) is 37.3 Å². The monoisotopic (exact) mass is 394 g/mol. The molecular formula is C18H20BrFN2O2. The van der Waals surface area contributed by atoms with Crippen molar-refractivity contribution in [2.45, 2.75) is 25.5 Å². The van der Waals surface area contributed by atoms with E-state index in [1.807, 2.05) is 31.2 Å². The van der Waals surface area contributed by atoms with E-state index in [-0.39, 0.29) is 30.5 Å². The van der Waals surface area contributed by atoms with Crippen LogP contribution in [-0.4, -0.2) is 23.6 Å². The minimum atomic E-state index is -0.955. The molecular weight excluding hydrogens is 375 g/mol. The summed E-state index contributed by atoms with van der Waals surface area (Å²) in [5.74, 6) is -0.565. The molecule has 2 atom stereocenters. The molecule has 0 spiro atoms. The van der Waals surface area contributed by atoms with Gasteiger partial charge in [0.15, 0.2) is 0 Å². The van der Waals surface area contributed by atoms with E-state index in [0.29, 0.717) is 0 Å². The number of nitrogens with one attached hydrogen (secondary N) is 2. The Kier molecular flexibility index (Phi) is 6.90. The molecule has 6 heteroatoms. The Morgan fingerprint density at radius 1 is 1.21 bits per heavy atom. The van der Waals surface area contributed by atoms with E-state index in [4.69, 9.17) is 0 Å². The second-order valence-electron chi connectivity index (χ2n) is 5.61. The first-order valence-corrected chi connectivity index (χ1v) is 8.46. The summed E-state index contributed by atoms with van der Waals surface area (Å²) in [6.45, 7) is 2.02. The maximum Gasteiger partial charge on any atom is 0.225 e. The minimum Gasteiger partial charge on any atom is -0.387 e. The van der Waals surface area contributed by atoms with Crippen LogP contribution in [-0.2, 0) is 4.79 Å². The lowest BCUT2D eigenvalue weighted by atomic mass is 10.1. The predicted octanol–water partition coefficient (Wildman–Crippen LogP) is 3.63. The molecule has 0 aliphatic heterocycles. The van der Waals surface area contributed by atoms with E-state index >= 15 is 0 Å². The number of carbonyl (C=O) groups is 1. The molecule has 1 amide bonds. The number of hydrogen-bond acceptors (Lipinski definition) is 3.